The number of hydrogen-bond acceptors (Lipinski definition) is 2. The van der Waals surface area contributed by atoms with E-state index in [2.05, 4.69) is 11.6 Å². The quantitative estimate of drug-likeness (QED) is 0.618. The Balaban J connectivity index is 3.05. The minimum absolute atomic E-state index is 0.629. The van der Waals surface area contributed by atoms with E-state index in [1.807, 2.05) is 6.07 Å². The normalized spacial score (nSPS) is 10.8. The van der Waals surface area contributed by atoms with Crippen molar-refractivity contribution < 1.29 is 0 Å². The second-order valence-corrected chi connectivity index (χ2v) is 2.31. The third-order valence-electron chi connectivity index (χ3n) is 1.42. The summed E-state index contributed by atoms with van der Waals surface area (Å²) in [6.07, 6.45) is 6.80. The molecule has 60 valence electrons. The van der Waals surface area contributed by atoms with E-state index in [1.54, 1.807) is 36.2 Å². The zero-order chi connectivity index (χ0) is 8.97. The van der Waals surface area contributed by atoms with Crippen LogP contribution in [0, 0.1) is 11.3 Å². The molecule has 0 aliphatic rings. The van der Waals surface area contributed by atoms with Gasteiger partial charge in [-0.2, -0.15) is 5.26 Å². The molecule has 3 heteroatoms. The van der Waals surface area contributed by atoms with Crippen molar-refractivity contribution in [2.45, 2.75) is 6.92 Å². The van der Waals surface area contributed by atoms with E-state index in [1.165, 1.54) is 0 Å². The van der Waals surface area contributed by atoms with Crippen LogP contribution in [0.15, 0.2) is 24.5 Å². The molecule has 0 amide bonds. The molecule has 0 aromatic carbocycles. The molecule has 3 nitrogen and oxygen atoms in total. The largest absolute Gasteiger partial charge is 0.308 e. The molecule has 0 saturated heterocycles. The highest BCUT2D eigenvalue weighted by Gasteiger charge is 1.95. The van der Waals surface area contributed by atoms with E-state index < -0.39 is 0 Å². The van der Waals surface area contributed by atoms with Crippen LogP contribution in [0.4, 0.5) is 0 Å². The minimum atomic E-state index is 0.629. The number of aromatic nitrogens is 2. The minimum Gasteiger partial charge on any atom is -0.308 e. The van der Waals surface area contributed by atoms with Crippen molar-refractivity contribution in [3.63, 3.8) is 0 Å². The summed E-state index contributed by atoms with van der Waals surface area (Å²) in [4.78, 5) is 4.04. The van der Waals surface area contributed by atoms with E-state index in [0.717, 1.165) is 5.82 Å². The van der Waals surface area contributed by atoms with Gasteiger partial charge in [0.05, 0.1) is 6.07 Å². The van der Waals surface area contributed by atoms with Crippen molar-refractivity contribution in [2.75, 3.05) is 0 Å². The van der Waals surface area contributed by atoms with Crippen molar-refractivity contribution in [3.05, 3.63) is 30.4 Å². The van der Waals surface area contributed by atoms with Gasteiger partial charge in [0.25, 0.3) is 0 Å². The molecule has 0 saturated carbocycles. The summed E-state index contributed by atoms with van der Waals surface area (Å²) in [5, 5.41) is 8.52. The number of hydrogen-bond donors (Lipinski definition) is 0. The summed E-state index contributed by atoms with van der Waals surface area (Å²) in [6, 6.07) is 2.03. The fraction of sp³-hybridized carbons (Fsp3) is 0.111. The van der Waals surface area contributed by atoms with Crippen molar-refractivity contribution in [1.82, 2.24) is 9.55 Å². The predicted molar refractivity (Wildman–Crippen MR) is 47.9 cm³/mol. The van der Waals surface area contributed by atoms with Crippen LogP contribution >= 0.6 is 0 Å². The average molecular weight is 159 g/mol. The highest BCUT2D eigenvalue weighted by atomic mass is 15.0. The first-order valence-corrected chi connectivity index (χ1v) is 3.51. The maximum Gasteiger partial charge on any atom is 0.137 e. The van der Waals surface area contributed by atoms with Gasteiger partial charge >= 0.3 is 0 Å². The maximum atomic E-state index is 8.52. The van der Waals surface area contributed by atoms with Crippen molar-refractivity contribution in [1.29, 1.82) is 5.26 Å². The predicted octanol–water partition coefficient (Wildman–Crippen LogP) is 1.91. The molecule has 0 aliphatic carbocycles. The van der Waals surface area contributed by atoms with Gasteiger partial charge in [0.15, 0.2) is 0 Å². The second kappa shape index (κ2) is 3.54. The molecule has 0 bridgehead atoms. The van der Waals surface area contributed by atoms with Crippen LogP contribution in [0.5, 0.6) is 0 Å². The lowest BCUT2D eigenvalue weighted by molar-refractivity contribution is 1.11. The Morgan fingerprint density at radius 3 is 3.17 bits per heavy atom. The van der Waals surface area contributed by atoms with E-state index in [9.17, 15) is 0 Å². The molecule has 0 radical (unpaired) electrons. The van der Waals surface area contributed by atoms with Crippen molar-refractivity contribution in [2.24, 2.45) is 0 Å². The molecule has 0 spiro atoms. The molecule has 1 aromatic rings. The van der Waals surface area contributed by atoms with E-state index in [4.69, 9.17) is 5.26 Å². The number of imidazole rings is 1. The topological polar surface area (TPSA) is 41.6 Å². The van der Waals surface area contributed by atoms with Gasteiger partial charge in [0, 0.05) is 24.2 Å². The Hall–Kier alpha value is -1.82. The molecular formula is C9H9N3. The second-order valence-electron chi connectivity index (χ2n) is 2.31. The summed E-state index contributed by atoms with van der Waals surface area (Å²) < 4.78 is 1.75. The lowest BCUT2D eigenvalue weighted by atomic mass is 10.3. The summed E-state index contributed by atoms with van der Waals surface area (Å²) in [6.45, 7) is 5.35. The lowest BCUT2D eigenvalue weighted by Gasteiger charge is -1.94. The molecular weight excluding hydrogens is 150 g/mol. The van der Waals surface area contributed by atoms with Gasteiger partial charge in [0.1, 0.15) is 5.82 Å². The first kappa shape index (κ1) is 8.28. The van der Waals surface area contributed by atoms with Gasteiger partial charge in [-0.15, -0.1) is 0 Å². The third-order valence-corrected chi connectivity index (χ3v) is 1.42. The Morgan fingerprint density at radius 2 is 2.58 bits per heavy atom. The number of nitrogens with zero attached hydrogens (tertiary/aromatic N) is 3. The van der Waals surface area contributed by atoms with Gasteiger partial charge in [-0.25, -0.2) is 4.98 Å². The van der Waals surface area contributed by atoms with E-state index in [-0.39, 0.29) is 0 Å². The first-order valence-electron chi connectivity index (χ1n) is 3.51. The number of allylic oxidation sites excluding steroid dienone is 1. The SMILES string of the molecule is C=Cn1ccnc1C=C(C)C#N. The lowest BCUT2D eigenvalue weighted by Crippen LogP contribution is -1.87. The number of nitriles is 1. The number of rotatable bonds is 2. The Bertz CT molecular complexity index is 352. The van der Waals surface area contributed by atoms with Crippen molar-refractivity contribution >= 4 is 12.3 Å². The van der Waals surface area contributed by atoms with Gasteiger partial charge in [0.2, 0.25) is 0 Å². The Labute approximate surface area is 71.3 Å². The molecule has 12 heavy (non-hydrogen) atoms. The van der Waals surface area contributed by atoms with Crippen LogP contribution in [-0.4, -0.2) is 9.55 Å². The smallest absolute Gasteiger partial charge is 0.137 e. The van der Waals surface area contributed by atoms with Crippen molar-refractivity contribution in [3.8, 4) is 6.07 Å². The monoisotopic (exact) mass is 159 g/mol. The summed E-state index contributed by atoms with van der Waals surface area (Å²) >= 11 is 0. The molecule has 0 aliphatic heterocycles. The van der Waals surface area contributed by atoms with Gasteiger partial charge in [-0.05, 0) is 13.0 Å². The molecule has 0 unspecified atom stereocenters. The zero-order valence-corrected chi connectivity index (χ0v) is 6.86. The van der Waals surface area contributed by atoms with Crippen LogP contribution in [0.1, 0.15) is 12.7 Å². The molecule has 0 fully saturated rings. The highest BCUT2D eigenvalue weighted by molar-refractivity contribution is 5.52. The molecule has 1 heterocycles. The van der Waals surface area contributed by atoms with Crippen LogP contribution in [-0.2, 0) is 0 Å². The standard InChI is InChI=1S/C9H9N3/c1-3-12-5-4-11-9(12)6-8(2)7-10/h3-6H,1H2,2H3. The Kier molecular flexibility index (Phi) is 2.44. The van der Waals surface area contributed by atoms with E-state index in [0.29, 0.717) is 5.57 Å². The van der Waals surface area contributed by atoms with Crippen LogP contribution < -0.4 is 0 Å². The fourth-order valence-corrected chi connectivity index (χ4v) is 0.817. The first-order chi connectivity index (χ1) is 5.77. The Morgan fingerprint density at radius 1 is 1.83 bits per heavy atom. The summed E-state index contributed by atoms with van der Waals surface area (Å²) in [5.41, 5.74) is 0.629. The average Bonchev–Trinajstić information content (AvgIpc) is 2.51. The summed E-state index contributed by atoms with van der Waals surface area (Å²) in [5.74, 6) is 0.726. The van der Waals surface area contributed by atoms with E-state index >= 15 is 0 Å². The van der Waals surface area contributed by atoms with Crippen LogP contribution in [0.3, 0.4) is 0 Å². The molecule has 0 atom stereocenters. The van der Waals surface area contributed by atoms with Gasteiger partial charge in [-0.3, -0.25) is 0 Å². The maximum absolute atomic E-state index is 8.52. The third kappa shape index (κ3) is 1.61. The molecule has 1 rings (SSSR count). The molecule has 0 N–H and O–H groups in total. The van der Waals surface area contributed by atoms with Gasteiger partial charge in [-0.1, -0.05) is 6.58 Å². The van der Waals surface area contributed by atoms with Gasteiger partial charge < -0.3 is 4.57 Å². The zero-order valence-electron chi connectivity index (χ0n) is 6.86. The van der Waals surface area contributed by atoms with Crippen LogP contribution in [0.2, 0.25) is 0 Å². The fourth-order valence-electron chi connectivity index (χ4n) is 0.817. The molecule has 1 aromatic heterocycles. The summed E-state index contributed by atoms with van der Waals surface area (Å²) in [7, 11) is 0. The van der Waals surface area contributed by atoms with Crippen LogP contribution in [0.25, 0.3) is 12.3 Å². The highest BCUT2D eigenvalue weighted by Crippen LogP contribution is 2.03.